The number of halogens is 1. The van der Waals surface area contributed by atoms with Crippen molar-refractivity contribution in [2.75, 3.05) is 12.5 Å². The van der Waals surface area contributed by atoms with Gasteiger partial charge in [-0.1, -0.05) is 17.7 Å². The summed E-state index contributed by atoms with van der Waals surface area (Å²) in [7, 11) is 1.62. The van der Waals surface area contributed by atoms with Crippen molar-refractivity contribution in [1.82, 2.24) is 24.7 Å². The first-order valence-electron chi connectivity index (χ1n) is 8.40. The van der Waals surface area contributed by atoms with E-state index >= 15 is 0 Å². The molecular weight excluding hydrogens is 378 g/mol. The number of methoxy groups -OCH3 is 1. The number of anilines is 1. The van der Waals surface area contributed by atoms with E-state index < -0.39 is 0 Å². The summed E-state index contributed by atoms with van der Waals surface area (Å²) in [4.78, 5) is 12.7. The Morgan fingerprint density at radius 2 is 2.11 bits per heavy atom. The second-order valence-corrected chi connectivity index (χ2v) is 6.34. The third kappa shape index (κ3) is 3.63. The second-order valence-electron chi connectivity index (χ2n) is 5.95. The maximum Gasteiger partial charge on any atom is 0.168 e. The van der Waals surface area contributed by atoms with Crippen molar-refractivity contribution in [3.8, 4) is 11.4 Å². The van der Waals surface area contributed by atoms with Crippen LogP contribution < -0.4 is 10.2 Å². The van der Waals surface area contributed by atoms with Gasteiger partial charge in [0.15, 0.2) is 11.5 Å². The van der Waals surface area contributed by atoms with Gasteiger partial charge in [0.25, 0.3) is 0 Å². The van der Waals surface area contributed by atoms with Crippen LogP contribution in [-0.2, 0) is 0 Å². The zero-order valence-corrected chi connectivity index (χ0v) is 15.9. The van der Waals surface area contributed by atoms with Gasteiger partial charge >= 0.3 is 0 Å². The van der Waals surface area contributed by atoms with Gasteiger partial charge < -0.3 is 4.74 Å². The Balaban J connectivity index is 1.64. The van der Waals surface area contributed by atoms with Crippen LogP contribution in [0.2, 0.25) is 5.15 Å². The van der Waals surface area contributed by atoms with E-state index in [1.807, 2.05) is 37.3 Å². The largest absolute Gasteiger partial charge is 0.497 e. The summed E-state index contributed by atoms with van der Waals surface area (Å²) in [6.45, 7) is 1.87. The number of hydrogen-bond donors (Lipinski definition) is 1. The lowest BCUT2D eigenvalue weighted by atomic mass is 10.2. The average molecular weight is 394 g/mol. The maximum absolute atomic E-state index is 5.97. The van der Waals surface area contributed by atoms with Crippen LogP contribution >= 0.6 is 11.6 Å². The molecule has 8 nitrogen and oxygen atoms in total. The molecule has 0 spiro atoms. The number of fused-ring (bicyclic) bond motifs is 1. The van der Waals surface area contributed by atoms with Crippen molar-refractivity contribution < 1.29 is 4.74 Å². The predicted molar refractivity (Wildman–Crippen MR) is 108 cm³/mol. The molecule has 3 aromatic heterocycles. The Bertz CT molecular complexity index is 1150. The number of benzene rings is 1. The molecule has 0 unspecified atom stereocenters. The van der Waals surface area contributed by atoms with Gasteiger partial charge in [-0.3, -0.25) is 5.43 Å². The van der Waals surface area contributed by atoms with Crippen LogP contribution in [0.3, 0.4) is 0 Å². The van der Waals surface area contributed by atoms with Crippen LogP contribution in [-0.4, -0.2) is 38.1 Å². The fourth-order valence-electron chi connectivity index (χ4n) is 2.76. The van der Waals surface area contributed by atoms with Gasteiger partial charge in [0.2, 0.25) is 0 Å². The molecule has 140 valence electrons. The highest BCUT2D eigenvalue weighted by molar-refractivity contribution is 6.29. The molecule has 0 aliphatic carbocycles. The summed E-state index contributed by atoms with van der Waals surface area (Å²) >= 11 is 5.97. The molecule has 0 amide bonds. The van der Waals surface area contributed by atoms with Crippen LogP contribution in [0.25, 0.3) is 16.7 Å². The second kappa shape index (κ2) is 7.61. The molecule has 0 bridgehead atoms. The zero-order chi connectivity index (χ0) is 19.5. The highest BCUT2D eigenvalue weighted by atomic mass is 35.5. The van der Waals surface area contributed by atoms with E-state index in [1.54, 1.807) is 30.3 Å². The molecule has 1 N–H and O–H groups in total. The van der Waals surface area contributed by atoms with E-state index in [0.717, 1.165) is 28.1 Å². The van der Waals surface area contributed by atoms with Crippen LogP contribution in [0.15, 0.2) is 54.0 Å². The molecule has 0 atom stereocenters. The highest BCUT2D eigenvalue weighted by Gasteiger charge is 2.11. The van der Waals surface area contributed by atoms with Gasteiger partial charge in [-0.25, -0.2) is 19.6 Å². The summed E-state index contributed by atoms with van der Waals surface area (Å²) in [5.74, 6) is 1.29. The monoisotopic (exact) mass is 393 g/mol. The number of aryl methyl sites for hydroxylation is 1. The van der Waals surface area contributed by atoms with Crippen molar-refractivity contribution in [3.63, 3.8) is 0 Å². The maximum atomic E-state index is 5.97. The molecule has 0 fully saturated rings. The number of pyridine rings is 1. The minimum Gasteiger partial charge on any atom is -0.497 e. The highest BCUT2D eigenvalue weighted by Crippen LogP contribution is 2.23. The van der Waals surface area contributed by atoms with Gasteiger partial charge in [-0.05, 0) is 36.8 Å². The Kier molecular flexibility index (Phi) is 4.86. The van der Waals surface area contributed by atoms with Crippen molar-refractivity contribution in [3.05, 3.63) is 65.3 Å². The number of hydrazone groups is 1. The van der Waals surface area contributed by atoms with Crippen LogP contribution in [0.1, 0.15) is 11.3 Å². The topological polar surface area (TPSA) is 90.1 Å². The van der Waals surface area contributed by atoms with E-state index in [9.17, 15) is 0 Å². The molecule has 4 rings (SSSR count). The molecule has 0 radical (unpaired) electrons. The van der Waals surface area contributed by atoms with Gasteiger partial charge in [0, 0.05) is 11.8 Å². The summed E-state index contributed by atoms with van der Waals surface area (Å²) < 4.78 is 7.00. The molecule has 0 aliphatic rings. The SMILES string of the molecule is COc1cccc(-n2ncc3c(N/N=C/c4cc(C)nc(Cl)c4)ncnc32)c1. The summed E-state index contributed by atoms with van der Waals surface area (Å²) in [5.41, 5.74) is 6.09. The van der Waals surface area contributed by atoms with Gasteiger partial charge in [-0.15, -0.1) is 0 Å². The number of rotatable bonds is 5. The Labute approximate surface area is 165 Å². The Morgan fingerprint density at radius 1 is 1.21 bits per heavy atom. The van der Waals surface area contributed by atoms with E-state index in [0.29, 0.717) is 16.6 Å². The van der Waals surface area contributed by atoms with Crippen LogP contribution in [0.5, 0.6) is 5.75 Å². The summed E-state index contributed by atoms with van der Waals surface area (Å²) in [6, 6.07) is 11.2. The molecule has 0 aliphatic heterocycles. The van der Waals surface area contributed by atoms with Crippen LogP contribution in [0, 0.1) is 6.92 Å². The molecule has 1 aromatic carbocycles. The number of aromatic nitrogens is 5. The van der Waals surface area contributed by atoms with E-state index in [2.05, 4.69) is 30.6 Å². The third-order valence-corrected chi connectivity index (χ3v) is 4.19. The van der Waals surface area contributed by atoms with Crippen molar-refractivity contribution in [2.45, 2.75) is 6.92 Å². The standard InChI is InChI=1S/C19H16ClN7O/c1-12-6-13(7-17(20)25-12)9-23-26-18-16-10-24-27(19(16)22-11-21-18)14-4-3-5-15(8-14)28-2/h3-11H,1-2H3,(H,21,22,26)/b23-9+. The predicted octanol–water partition coefficient (Wildman–Crippen LogP) is 3.63. The lowest BCUT2D eigenvalue weighted by Crippen LogP contribution is -2.00. The normalized spacial score (nSPS) is 11.2. The molecule has 9 heteroatoms. The average Bonchev–Trinajstić information content (AvgIpc) is 3.12. The lowest BCUT2D eigenvalue weighted by molar-refractivity contribution is 0.414. The first-order chi connectivity index (χ1) is 13.6. The van der Waals surface area contributed by atoms with E-state index in [1.165, 1.54) is 6.33 Å². The number of hydrogen-bond acceptors (Lipinski definition) is 7. The Morgan fingerprint density at radius 3 is 2.93 bits per heavy atom. The first kappa shape index (κ1) is 17.9. The van der Waals surface area contributed by atoms with Gasteiger partial charge in [0.1, 0.15) is 17.2 Å². The number of ether oxygens (including phenoxy) is 1. The van der Waals surface area contributed by atoms with Crippen molar-refractivity contribution >= 4 is 34.7 Å². The first-order valence-corrected chi connectivity index (χ1v) is 8.78. The minimum absolute atomic E-state index is 0.422. The molecule has 3 heterocycles. The Hall–Kier alpha value is -3.52. The fraction of sp³-hybridized carbons (Fsp3) is 0.105. The van der Waals surface area contributed by atoms with Gasteiger partial charge in [-0.2, -0.15) is 10.2 Å². The fourth-order valence-corrected chi connectivity index (χ4v) is 3.02. The lowest BCUT2D eigenvalue weighted by Gasteiger charge is -2.06. The van der Waals surface area contributed by atoms with E-state index in [4.69, 9.17) is 16.3 Å². The van der Waals surface area contributed by atoms with Crippen molar-refractivity contribution in [2.24, 2.45) is 5.10 Å². The molecule has 4 aromatic rings. The van der Waals surface area contributed by atoms with Gasteiger partial charge in [0.05, 0.1) is 30.6 Å². The molecule has 28 heavy (non-hydrogen) atoms. The summed E-state index contributed by atoms with van der Waals surface area (Å²) in [5, 5.41) is 9.84. The smallest absolute Gasteiger partial charge is 0.168 e. The molecular formula is C19H16ClN7O. The minimum atomic E-state index is 0.422. The third-order valence-electron chi connectivity index (χ3n) is 3.99. The quantitative estimate of drug-likeness (QED) is 0.316. The number of nitrogens with zero attached hydrogens (tertiary/aromatic N) is 6. The zero-order valence-electron chi connectivity index (χ0n) is 15.2. The summed E-state index contributed by atoms with van der Waals surface area (Å²) in [6.07, 6.45) is 4.81. The van der Waals surface area contributed by atoms with E-state index in [-0.39, 0.29) is 0 Å². The molecule has 0 saturated heterocycles. The number of nitrogens with one attached hydrogen (secondary N) is 1. The van der Waals surface area contributed by atoms with Crippen LogP contribution in [0.4, 0.5) is 5.82 Å². The molecule has 0 saturated carbocycles. The van der Waals surface area contributed by atoms with Crippen molar-refractivity contribution in [1.29, 1.82) is 0 Å².